The van der Waals surface area contributed by atoms with Crippen LogP contribution in [0.25, 0.3) is 0 Å². The Morgan fingerprint density at radius 1 is 1.19 bits per heavy atom. The molecule has 0 spiro atoms. The number of hydrogen-bond donors (Lipinski definition) is 2. The number of anilines is 2. The van der Waals surface area contributed by atoms with Crippen LogP contribution in [0.5, 0.6) is 5.88 Å². The molecule has 0 bridgehead atoms. The van der Waals surface area contributed by atoms with Gasteiger partial charge in [-0.25, -0.2) is 4.98 Å². The fourth-order valence-electron chi connectivity index (χ4n) is 1.83. The molecule has 5 nitrogen and oxygen atoms in total. The van der Waals surface area contributed by atoms with Gasteiger partial charge in [-0.05, 0) is 18.4 Å². The van der Waals surface area contributed by atoms with Gasteiger partial charge in [-0.15, -0.1) is 0 Å². The maximum atomic E-state index is 6.09. The normalized spacial score (nSPS) is 10.7. The van der Waals surface area contributed by atoms with Crippen molar-refractivity contribution in [1.29, 1.82) is 0 Å². The van der Waals surface area contributed by atoms with E-state index in [1.165, 1.54) is 0 Å². The van der Waals surface area contributed by atoms with Crippen molar-refractivity contribution < 1.29 is 4.74 Å². The van der Waals surface area contributed by atoms with Crippen LogP contribution in [-0.4, -0.2) is 16.6 Å². The van der Waals surface area contributed by atoms with Crippen LogP contribution in [0.3, 0.4) is 0 Å². The predicted octanol–water partition coefficient (Wildman–Crippen LogP) is 3.01. The van der Waals surface area contributed by atoms with E-state index in [1.807, 2.05) is 37.3 Å². The van der Waals surface area contributed by atoms with E-state index in [-0.39, 0.29) is 0 Å². The van der Waals surface area contributed by atoms with Gasteiger partial charge in [-0.1, -0.05) is 44.2 Å². The summed E-state index contributed by atoms with van der Waals surface area (Å²) in [6.07, 6.45) is 0. The van der Waals surface area contributed by atoms with Gasteiger partial charge in [0.25, 0.3) is 0 Å². The molecule has 5 heteroatoms. The van der Waals surface area contributed by atoms with E-state index in [0.717, 1.165) is 5.56 Å². The molecule has 1 aromatic carbocycles. The molecule has 0 aliphatic carbocycles. The average Bonchev–Trinajstić information content (AvgIpc) is 2.47. The summed E-state index contributed by atoms with van der Waals surface area (Å²) in [5.74, 6) is 2.12. The maximum absolute atomic E-state index is 6.09. The van der Waals surface area contributed by atoms with Crippen LogP contribution in [0.2, 0.25) is 0 Å². The highest BCUT2D eigenvalue weighted by Gasteiger charge is 2.12. The number of aromatic nitrogens is 2. The predicted molar refractivity (Wildman–Crippen MR) is 85.3 cm³/mol. The van der Waals surface area contributed by atoms with Gasteiger partial charge in [0, 0.05) is 6.54 Å². The van der Waals surface area contributed by atoms with E-state index in [0.29, 0.717) is 42.3 Å². The lowest BCUT2D eigenvalue weighted by Gasteiger charge is -2.14. The summed E-state index contributed by atoms with van der Waals surface area (Å²) in [6, 6.07) is 10.1. The molecular weight excluding hydrogens is 264 g/mol. The smallest absolute Gasteiger partial charge is 0.242 e. The van der Waals surface area contributed by atoms with Crippen LogP contribution in [0.15, 0.2) is 30.3 Å². The van der Waals surface area contributed by atoms with Crippen molar-refractivity contribution in [3.05, 3.63) is 41.7 Å². The first-order chi connectivity index (χ1) is 10.1. The van der Waals surface area contributed by atoms with E-state index in [2.05, 4.69) is 29.1 Å². The number of hydrogen-bond acceptors (Lipinski definition) is 5. The first-order valence-corrected chi connectivity index (χ1v) is 7.11. The van der Waals surface area contributed by atoms with Crippen molar-refractivity contribution in [1.82, 2.24) is 9.97 Å². The molecule has 0 amide bonds. The Morgan fingerprint density at radius 3 is 2.57 bits per heavy atom. The molecule has 0 unspecified atom stereocenters. The Labute approximate surface area is 125 Å². The number of rotatable bonds is 6. The van der Waals surface area contributed by atoms with Crippen LogP contribution in [0.1, 0.15) is 25.2 Å². The van der Waals surface area contributed by atoms with Crippen LogP contribution in [0.4, 0.5) is 11.5 Å². The lowest BCUT2D eigenvalue weighted by molar-refractivity contribution is 0.262. The minimum absolute atomic E-state index is 0.417. The van der Waals surface area contributed by atoms with Gasteiger partial charge in [-0.2, -0.15) is 4.98 Å². The number of benzene rings is 1. The second kappa shape index (κ2) is 6.92. The lowest BCUT2D eigenvalue weighted by Crippen LogP contribution is -2.12. The zero-order valence-electron chi connectivity index (χ0n) is 12.8. The van der Waals surface area contributed by atoms with E-state index in [1.54, 1.807) is 0 Å². The third-order valence-electron chi connectivity index (χ3n) is 2.88. The topological polar surface area (TPSA) is 73.1 Å². The molecule has 2 aromatic rings. The van der Waals surface area contributed by atoms with E-state index in [9.17, 15) is 0 Å². The number of nitrogens with two attached hydrogens (primary N) is 1. The van der Waals surface area contributed by atoms with Crippen molar-refractivity contribution >= 4 is 11.5 Å². The first-order valence-electron chi connectivity index (χ1n) is 7.11. The molecule has 2 rings (SSSR count). The van der Waals surface area contributed by atoms with Gasteiger partial charge in [0.1, 0.15) is 11.5 Å². The van der Waals surface area contributed by atoms with Gasteiger partial charge >= 0.3 is 0 Å². The summed E-state index contributed by atoms with van der Waals surface area (Å²) in [7, 11) is 0. The molecule has 0 atom stereocenters. The fourth-order valence-corrected chi connectivity index (χ4v) is 1.83. The van der Waals surface area contributed by atoms with Gasteiger partial charge in [0.2, 0.25) is 5.88 Å². The molecule has 3 N–H and O–H groups in total. The van der Waals surface area contributed by atoms with Gasteiger partial charge in [-0.3, -0.25) is 0 Å². The molecule has 21 heavy (non-hydrogen) atoms. The van der Waals surface area contributed by atoms with Crippen molar-refractivity contribution in [2.75, 3.05) is 17.7 Å². The average molecular weight is 286 g/mol. The summed E-state index contributed by atoms with van der Waals surface area (Å²) in [4.78, 5) is 8.61. The summed E-state index contributed by atoms with van der Waals surface area (Å²) in [5, 5.41) is 3.24. The third-order valence-corrected chi connectivity index (χ3v) is 2.88. The van der Waals surface area contributed by atoms with Crippen molar-refractivity contribution in [3.63, 3.8) is 0 Å². The van der Waals surface area contributed by atoms with Crippen molar-refractivity contribution in [3.8, 4) is 5.88 Å². The van der Waals surface area contributed by atoms with Crippen LogP contribution < -0.4 is 15.8 Å². The SMILES string of the molecule is Cc1nc(NCc2ccccc2)c(N)c(OCC(C)C)n1. The monoisotopic (exact) mass is 286 g/mol. The number of ether oxygens (including phenoxy) is 1. The van der Waals surface area contributed by atoms with Crippen LogP contribution in [0, 0.1) is 12.8 Å². The number of aryl methyl sites for hydroxylation is 1. The van der Waals surface area contributed by atoms with Crippen LogP contribution >= 0.6 is 0 Å². The Balaban J connectivity index is 2.11. The molecule has 0 radical (unpaired) electrons. The number of nitrogens with zero attached hydrogens (tertiary/aromatic N) is 2. The van der Waals surface area contributed by atoms with Crippen molar-refractivity contribution in [2.45, 2.75) is 27.3 Å². The third kappa shape index (κ3) is 4.34. The molecule has 112 valence electrons. The summed E-state index contributed by atoms with van der Waals surface area (Å²) < 4.78 is 5.66. The minimum Gasteiger partial charge on any atom is -0.476 e. The van der Waals surface area contributed by atoms with E-state index in [4.69, 9.17) is 10.5 Å². The quantitative estimate of drug-likeness (QED) is 0.854. The fraction of sp³-hybridized carbons (Fsp3) is 0.375. The standard InChI is InChI=1S/C16H22N4O/c1-11(2)10-21-16-14(17)15(19-12(3)20-16)18-9-13-7-5-4-6-8-13/h4-8,11H,9-10,17H2,1-3H3,(H,18,19,20). The molecular formula is C16H22N4O. The minimum atomic E-state index is 0.417. The largest absolute Gasteiger partial charge is 0.476 e. The Hall–Kier alpha value is -2.30. The highest BCUT2D eigenvalue weighted by atomic mass is 16.5. The molecule has 0 saturated heterocycles. The number of nitrogen functional groups attached to an aromatic ring is 1. The number of nitrogens with one attached hydrogen (secondary N) is 1. The Kier molecular flexibility index (Phi) is 4.98. The summed E-state index contributed by atoms with van der Waals surface area (Å²) in [6.45, 7) is 7.23. The Bertz CT molecular complexity index is 584. The first kappa shape index (κ1) is 15.1. The zero-order valence-corrected chi connectivity index (χ0v) is 12.8. The van der Waals surface area contributed by atoms with E-state index < -0.39 is 0 Å². The van der Waals surface area contributed by atoms with Gasteiger partial charge in [0.15, 0.2) is 5.82 Å². The van der Waals surface area contributed by atoms with E-state index >= 15 is 0 Å². The Morgan fingerprint density at radius 2 is 1.90 bits per heavy atom. The van der Waals surface area contributed by atoms with Gasteiger partial charge < -0.3 is 15.8 Å². The maximum Gasteiger partial charge on any atom is 0.242 e. The second-order valence-electron chi connectivity index (χ2n) is 5.38. The zero-order chi connectivity index (χ0) is 15.2. The molecule has 0 saturated carbocycles. The van der Waals surface area contributed by atoms with Crippen molar-refractivity contribution in [2.24, 2.45) is 5.92 Å². The van der Waals surface area contributed by atoms with Crippen LogP contribution in [-0.2, 0) is 6.54 Å². The molecule has 0 fully saturated rings. The highest BCUT2D eigenvalue weighted by Crippen LogP contribution is 2.26. The molecule has 0 aliphatic heterocycles. The lowest BCUT2D eigenvalue weighted by atomic mass is 10.2. The summed E-state index contributed by atoms with van der Waals surface area (Å²) >= 11 is 0. The summed E-state index contributed by atoms with van der Waals surface area (Å²) in [5.41, 5.74) is 7.71. The second-order valence-corrected chi connectivity index (χ2v) is 5.38. The molecule has 1 aromatic heterocycles. The van der Waals surface area contributed by atoms with Gasteiger partial charge in [0.05, 0.1) is 6.61 Å². The highest BCUT2D eigenvalue weighted by molar-refractivity contribution is 5.66. The molecule has 1 heterocycles. The molecule has 0 aliphatic rings.